The minimum Gasteiger partial charge on any atom is -0.477 e. The summed E-state index contributed by atoms with van der Waals surface area (Å²) in [5.74, 6) is -40.2. The van der Waals surface area contributed by atoms with Crippen molar-refractivity contribution in [3.05, 3.63) is 0 Å². The summed E-state index contributed by atoms with van der Waals surface area (Å²) >= 11 is 0. The molecule has 17 heteroatoms. The molecule has 0 aliphatic heterocycles. The van der Waals surface area contributed by atoms with Crippen LogP contribution in [0.15, 0.2) is 0 Å². The standard InChI is InChI=1S/C15H30O17/c1-2-3-4-5-6-7(16)9(19,20)11(23,24)13(27,28)15(31,32)14(29,30)12(25,26)10(21,22)8(17)18/h7,16,19-32H,2-6H2,1H3,(H,17,18). The first-order valence-electron chi connectivity index (χ1n) is 8.97. The van der Waals surface area contributed by atoms with Crippen molar-refractivity contribution < 1.29 is 86.5 Å². The first-order chi connectivity index (χ1) is 13.9. The van der Waals surface area contributed by atoms with Gasteiger partial charge in [-0.3, -0.25) is 0 Å². The summed E-state index contributed by atoms with van der Waals surface area (Å²) in [5.41, 5.74) is 0. The van der Waals surface area contributed by atoms with Crippen molar-refractivity contribution in [1.29, 1.82) is 0 Å². The molecule has 1 atom stereocenters. The van der Waals surface area contributed by atoms with E-state index in [-0.39, 0.29) is 6.42 Å². The van der Waals surface area contributed by atoms with Crippen molar-refractivity contribution in [3.8, 4) is 0 Å². The van der Waals surface area contributed by atoms with Crippen LogP contribution in [0.4, 0.5) is 0 Å². The fourth-order valence-electron chi connectivity index (χ4n) is 2.58. The van der Waals surface area contributed by atoms with Crippen LogP contribution in [0.25, 0.3) is 0 Å². The van der Waals surface area contributed by atoms with Crippen molar-refractivity contribution in [2.75, 3.05) is 0 Å². The summed E-state index contributed by atoms with van der Waals surface area (Å²) in [5, 5.41) is 154. The van der Waals surface area contributed by atoms with E-state index in [2.05, 4.69) is 0 Å². The summed E-state index contributed by atoms with van der Waals surface area (Å²) in [7, 11) is 0. The SMILES string of the molecule is CCCCCCC(O)C(O)(O)C(O)(O)C(O)(O)C(O)(O)C(O)(O)C(O)(O)C(O)(O)C(=O)O. The Balaban J connectivity index is 6.34. The molecule has 0 aromatic rings. The number of carboxylic acids is 1. The zero-order valence-electron chi connectivity index (χ0n) is 16.7. The van der Waals surface area contributed by atoms with Gasteiger partial charge >= 0.3 is 11.8 Å². The predicted octanol–water partition coefficient (Wildman–Crippen LogP) is -7.83. The van der Waals surface area contributed by atoms with Gasteiger partial charge in [0.1, 0.15) is 6.10 Å². The van der Waals surface area contributed by atoms with E-state index >= 15 is 0 Å². The molecule has 0 heterocycles. The maximum absolute atomic E-state index is 10.7. The number of hydrogen-bond donors (Lipinski definition) is 16. The second kappa shape index (κ2) is 9.25. The number of aliphatic hydroxyl groups excluding tert-OH is 1. The van der Waals surface area contributed by atoms with E-state index < -0.39 is 59.0 Å². The molecule has 1 unspecified atom stereocenters. The molecule has 0 saturated heterocycles. The fourth-order valence-corrected chi connectivity index (χ4v) is 2.58. The number of hydrogen-bond acceptors (Lipinski definition) is 16. The molecule has 0 radical (unpaired) electrons. The molecule has 17 nitrogen and oxygen atoms in total. The number of aliphatic carboxylic acids is 1. The van der Waals surface area contributed by atoms with Crippen molar-refractivity contribution in [2.24, 2.45) is 0 Å². The second-order valence-corrected chi connectivity index (χ2v) is 7.43. The largest absolute Gasteiger partial charge is 0.477 e. The first kappa shape index (κ1) is 30.9. The highest BCUT2D eigenvalue weighted by Crippen LogP contribution is 2.45. The van der Waals surface area contributed by atoms with Crippen LogP contribution in [0.3, 0.4) is 0 Å². The van der Waals surface area contributed by atoms with Crippen molar-refractivity contribution >= 4 is 5.97 Å². The lowest BCUT2D eigenvalue weighted by molar-refractivity contribution is -0.576. The van der Waals surface area contributed by atoms with Crippen LogP contribution < -0.4 is 0 Å². The molecular formula is C15H30O17. The van der Waals surface area contributed by atoms with Gasteiger partial charge in [-0.05, 0) is 6.42 Å². The van der Waals surface area contributed by atoms with Crippen LogP contribution in [-0.4, -0.2) is 134 Å². The molecule has 0 saturated carbocycles. The molecule has 0 aromatic heterocycles. The van der Waals surface area contributed by atoms with Crippen molar-refractivity contribution in [2.45, 2.75) is 85.6 Å². The highest BCUT2D eigenvalue weighted by atomic mass is 16.7. The molecule has 0 spiro atoms. The number of rotatable bonds is 13. The van der Waals surface area contributed by atoms with E-state index in [9.17, 15) is 71.2 Å². The van der Waals surface area contributed by atoms with Gasteiger partial charge in [-0.25, -0.2) is 4.79 Å². The Labute approximate surface area is 179 Å². The van der Waals surface area contributed by atoms with Gasteiger partial charge in [-0.2, -0.15) is 0 Å². The third-order valence-corrected chi connectivity index (χ3v) is 5.04. The predicted molar refractivity (Wildman–Crippen MR) is 92.6 cm³/mol. The molecule has 16 N–H and O–H groups in total. The molecule has 192 valence electrons. The van der Waals surface area contributed by atoms with E-state index in [1.165, 1.54) is 0 Å². The first-order valence-corrected chi connectivity index (χ1v) is 8.97. The fraction of sp³-hybridized carbons (Fsp3) is 0.933. The summed E-state index contributed by atoms with van der Waals surface area (Å²) in [6.07, 6.45) is -1.77. The average Bonchev–Trinajstić information content (AvgIpc) is 2.63. The number of unbranched alkanes of at least 4 members (excludes halogenated alkanes) is 3. The van der Waals surface area contributed by atoms with Crippen LogP contribution >= 0.6 is 0 Å². The van der Waals surface area contributed by atoms with Gasteiger partial charge in [0.25, 0.3) is 34.7 Å². The van der Waals surface area contributed by atoms with Crippen LogP contribution in [0.1, 0.15) is 39.0 Å². The zero-order chi connectivity index (χ0) is 26.2. The average molecular weight is 482 g/mol. The van der Waals surface area contributed by atoms with Gasteiger partial charge in [-0.15, -0.1) is 0 Å². The van der Waals surface area contributed by atoms with Gasteiger partial charge in [0.05, 0.1) is 0 Å². The lowest BCUT2D eigenvalue weighted by atomic mass is 9.78. The summed E-state index contributed by atoms with van der Waals surface area (Å²) in [6, 6.07) is 0. The third kappa shape index (κ3) is 4.46. The van der Waals surface area contributed by atoms with E-state index in [4.69, 9.17) is 15.3 Å². The van der Waals surface area contributed by atoms with E-state index in [0.29, 0.717) is 19.3 Å². The Hall–Kier alpha value is -1.13. The molecule has 0 amide bonds. The Kier molecular flexibility index (Phi) is 8.93. The summed E-state index contributed by atoms with van der Waals surface area (Å²) in [6.45, 7) is 1.79. The highest BCUT2D eigenvalue weighted by molar-refractivity contribution is 5.76. The minimum atomic E-state index is -5.65. The minimum absolute atomic E-state index is 0.0162. The third-order valence-electron chi connectivity index (χ3n) is 5.04. The Morgan fingerprint density at radius 3 is 1.38 bits per heavy atom. The number of carbonyl (C=O) groups is 1. The molecule has 0 aliphatic carbocycles. The van der Waals surface area contributed by atoms with Crippen LogP contribution in [0.2, 0.25) is 0 Å². The lowest BCUT2D eigenvalue weighted by Gasteiger charge is -2.53. The van der Waals surface area contributed by atoms with Gasteiger partial charge in [0, 0.05) is 0 Å². The quantitative estimate of drug-likeness (QED) is 0.0855. The Bertz CT molecular complexity index is 650. The number of aliphatic hydroxyl groups is 15. The van der Waals surface area contributed by atoms with E-state index in [1.807, 2.05) is 0 Å². The molecule has 0 fully saturated rings. The van der Waals surface area contributed by atoms with Crippen molar-refractivity contribution in [3.63, 3.8) is 0 Å². The maximum Gasteiger partial charge on any atom is 0.370 e. The monoisotopic (exact) mass is 482 g/mol. The van der Waals surface area contributed by atoms with Gasteiger partial charge in [0.15, 0.2) is 0 Å². The molecule has 0 aromatic carbocycles. The van der Waals surface area contributed by atoms with Gasteiger partial charge in [-0.1, -0.05) is 32.6 Å². The Morgan fingerprint density at radius 1 is 0.625 bits per heavy atom. The van der Waals surface area contributed by atoms with E-state index in [1.54, 1.807) is 6.92 Å². The van der Waals surface area contributed by atoms with Crippen LogP contribution in [-0.2, 0) is 4.79 Å². The summed E-state index contributed by atoms with van der Waals surface area (Å²) < 4.78 is 0. The second-order valence-electron chi connectivity index (χ2n) is 7.43. The molecule has 0 rings (SSSR count). The molecule has 32 heavy (non-hydrogen) atoms. The Morgan fingerprint density at radius 2 is 1.00 bits per heavy atom. The van der Waals surface area contributed by atoms with E-state index in [0.717, 1.165) is 0 Å². The topological polar surface area (TPSA) is 341 Å². The highest BCUT2D eigenvalue weighted by Gasteiger charge is 2.83. The van der Waals surface area contributed by atoms with Gasteiger partial charge < -0.3 is 81.7 Å². The zero-order valence-corrected chi connectivity index (χ0v) is 16.7. The van der Waals surface area contributed by atoms with Crippen LogP contribution in [0, 0.1) is 0 Å². The van der Waals surface area contributed by atoms with Crippen molar-refractivity contribution in [1.82, 2.24) is 0 Å². The van der Waals surface area contributed by atoms with Gasteiger partial charge in [0.2, 0.25) is 0 Å². The molecule has 0 aliphatic rings. The molecular weight excluding hydrogens is 452 g/mol. The summed E-state index contributed by atoms with van der Waals surface area (Å²) in [4.78, 5) is 10.7. The normalized spacial score (nSPS) is 16.2. The van der Waals surface area contributed by atoms with Crippen LogP contribution in [0.5, 0.6) is 0 Å². The molecule has 0 bridgehead atoms. The maximum atomic E-state index is 10.7. The number of carboxylic acid groups (broad SMARTS) is 1. The lowest BCUT2D eigenvalue weighted by Crippen LogP contribution is -2.88. The smallest absolute Gasteiger partial charge is 0.370 e.